The first-order valence-corrected chi connectivity index (χ1v) is 21.7. The third-order valence-corrected chi connectivity index (χ3v) is 10.2. The summed E-state index contributed by atoms with van der Waals surface area (Å²) in [7, 11) is 0. The summed E-state index contributed by atoms with van der Waals surface area (Å²) >= 11 is 0. The molecule has 0 bridgehead atoms. The summed E-state index contributed by atoms with van der Waals surface area (Å²) in [5.41, 5.74) is 0. The van der Waals surface area contributed by atoms with E-state index in [0.717, 1.165) is 57.8 Å². The lowest BCUT2D eigenvalue weighted by Gasteiger charge is -2.40. The topological polar surface area (TPSA) is 149 Å². The summed E-state index contributed by atoms with van der Waals surface area (Å²) in [4.78, 5) is 12.7. The number of amides is 1. The predicted octanol–water partition coefficient (Wildman–Crippen LogP) is 8.50. The summed E-state index contributed by atoms with van der Waals surface area (Å²) < 4.78 is 11.1. The highest BCUT2D eigenvalue weighted by atomic mass is 16.7. The highest BCUT2D eigenvalue weighted by Crippen LogP contribution is 2.22. The maximum atomic E-state index is 12.7. The third-order valence-electron chi connectivity index (χ3n) is 10.2. The first-order valence-electron chi connectivity index (χ1n) is 21.7. The van der Waals surface area contributed by atoms with Crippen LogP contribution in [-0.4, -0.2) is 87.5 Å². The fourth-order valence-electron chi connectivity index (χ4n) is 6.66. The highest BCUT2D eigenvalue weighted by Gasteiger charge is 2.44. The van der Waals surface area contributed by atoms with Crippen LogP contribution in [0.3, 0.4) is 0 Å². The van der Waals surface area contributed by atoms with Crippen molar-refractivity contribution in [3.63, 3.8) is 0 Å². The average molecular weight is 752 g/mol. The molecule has 7 unspecified atom stereocenters. The van der Waals surface area contributed by atoms with Crippen LogP contribution in [0.2, 0.25) is 0 Å². The minimum atomic E-state index is -1.57. The van der Waals surface area contributed by atoms with Gasteiger partial charge >= 0.3 is 0 Å². The first kappa shape index (κ1) is 49.4. The quantitative estimate of drug-likeness (QED) is 0.0279. The Morgan fingerprint density at radius 2 is 1.08 bits per heavy atom. The molecule has 0 aliphatic carbocycles. The number of rotatable bonds is 35. The molecule has 1 aliphatic heterocycles. The monoisotopic (exact) mass is 752 g/mol. The lowest BCUT2D eigenvalue weighted by molar-refractivity contribution is -0.302. The molecule has 0 aromatic rings. The Morgan fingerprint density at radius 3 is 1.58 bits per heavy atom. The molecule has 9 nitrogen and oxygen atoms in total. The summed E-state index contributed by atoms with van der Waals surface area (Å²) in [6, 6.07) is -0.821. The van der Waals surface area contributed by atoms with Gasteiger partial charge in [0.2, 0.25) is 5.91 Å². The molecule has 1 aliphatic rings. The normalized spacial score (nSPS) is 22.0. The van der Waals surface area contributed by atoms with E-state index in [0.29, 0.717) is 6.42 Å². The van der Waals surface area contributed by atoms with E-state index in [1.807, 2.05) is 6.08 Å². The van der Waals surface area contributed by atoms with Gasteiger partial charge in [-0.15, -0.1) is 0 Å². The minimum Gasteiger partial charge on any atom is -0.394 e. The molecular weight excluding hydrogens is 670 g/mol. The molecule has 6 N–H and O–H groups in total. The zero-order chi connectivity index (χ0) is 38.8. The third kappa shape index (κ3) is 26.0. The van der Waals surface area contributed by atoms with E-state index < -0.39 is 49.5 Å². The molecule has 1 rings (SSSR count). The summed E-state index contributed by atoms with van der Waals surface area (Å²) in [6.07, 6.45) is 35.4. The number of aliphatic hydroxyl groups is 5. The van der Waals surface area contributed by atoms with E-state index in [-0.39, 0.29) is 12.5 Å². The van der Waals surface area contributed by atoms with Crippen LogP contribution in [0, 0.1) is 0 Å². The van der Waals surface area contributed by atoms with E-state index in [4.69, 9.17) is 9.47 Å². The number of hydrogen-bond acceptors (Lipinski definition) is 8. The number of hydrogen-bond donors (Lipinski definition) is 6. The van der Waals surface area contributed by atoms with Crippen LogP contribution in [0.25, 0.3) is 0 Å². The van der Waals surface area contributed by atoms with E-state index in [1.165, 1.54) is 103 Å². The molecule has 1 fully saturated rings. The second-order valence-electron chi connectivity index (χ2n) is 15.1. The van der Waals surface area contributed by atoms with Crippen molar-refractivity contribution in [1.82, 2.24) is 5.32 Å². The Morgan fingerprint density at radius 1 is 0.623 bits per heavy atom. The predicted molar refractivity (Wildman–Crippen MR) is 216 cm³/mol. The molecule has 0 aromatic heterocycles. The lowest BCUT2D eigenvalue weighted by atomic mass is 9.99. The van der Waals surface area contributed by atoms with Crippen LogP contribution < -0.4 is 5.32 Å². The van der Waals surface area contributed by atoms with Crippen LogP contribution >= 0.6 is 0 Å². The molecule has 1 saturated heterocycles. The van der Waals surface area contributed by atoms with Gasteiger partial charge in [-0.2, -0.15) is 0 Å². The van der Waals surface area contributed by atoms with Gasteiger partial charge < -0.3 is 40.3 Å². The van der Waals surface area contributed by atoms with Gasteiger partial charge in [-0.1, -0.05) is 166 Å². The average Bonchev–Trinajstić information content (AvgIpc) is 3.16. The first-order chi connectivity index (χ1) is 25.8. The molecule has 1 heterocycles. The fourth-order valence-corrected chi connectivity index (χ4v) is 6.66. The van der Waals surface area contributed by atoms with E-state index in [1.54, 1.807) is 6.08 Å². The smallest absolute Gasteiger partial charge is 0.220 e. The molecule has 0 aromatic carbocycles. The molecule has 1 amide bonds. The van der Waals surface area contributed by atoms with Gasteiger partial charge in [0, 0.05) is 6.42 Å². The van der Waals surface area contributed by atoms with Crippen LogP contribution in [0.15, 0.2) is 36.5 Å². The van der Waals surface area contributed by atoms with Gasteiger partial charge in [-0.05, 0) is 44.9 Å². The highest BCUT2D eigenvalue weighted by molar-refractivity contribution is 5.76. The maximum absolute atomic E-state index is 12.7. The number of carbonyl (C=O) groups excluding carboxylic acids is 1. The number of nitrogens with one attached hydrogen (secondary N) is 1. The molecule has 53 heavy (non-hydrogen) atoms. The Bertz CT molecular complexity index is 925. The van der Waals surface area contributed by atoms with E-state index >= 15 is 0 Å². The van der Waals surface area contributed by atoms with Gasteiger partial charge in [0.1, 0.15) is 24.4 Å². The molecule has 7 atom stereocenters. The second-order valence-corrected chi connectivity index (χ2v) is 15.1. The minimum absolute atomic E-state index is 0.205. The number of ether oxygens (including phenoxy) is 2. The molecule has 0 spiro atoms. The van der Waals surface area contributed by atoms with Crippen molar-refractivity contribution in [2.75, 3.05) is 13.2 Å². The van der Waals surface area contributed by atoms with E-state index in [2.05, 4.69) is 43.5 Å². The van der Waals surface area contributed by atoms with Crippen molar-refractivity contribution >= 4 is 5.91 Å². The fraction of sp³-hybridized carbons (Fsp3) is 0.841. The summed E-state index contributed by atoms with van der Waals surface area (Å²) in [6.45, 7) is 3.64. The lowest BCUT2D eigenvalue weighted by Crippen LogP contribution is -2.60. The number of aliphatic hydroxyl groups excluding tert-OH is 5. The Hall–Kier alpha value is -1.59. The van der Waals surface area contributed by atoms with Crippen molar-refractivity contribution in [1.29, 1.82) is 0 Å². The van der Waals surface area contributed by atoms with Gasteiger partial charge in [-0.25, -0.2) is 0 Å². The number of carbonyl (C=O) groups is 1. The van der Waals surface area contributed by atoms with Crippen LogP contribution in [0.5, 0.6) is 0 Å². The van der Waals surface area contributed by atoms with Crippen molar-refractivity contribution in [3.05, 3.63) is 36.5 Å². The van der Waals surface area contributed by atoms with Crippen molar-refractivity contribution in [2.45, 2.75) is 224 Å². The zero-order valence-corrected chi connectivity index (χ0v) is 33.8. The summed E-state index contributed by atoms with van der Waals surface area (Å²) in [5, 5.41) is 53.7. The number of unbranched alkanes of at least 4 members (excludes halogenated alkanes) is 21. The van der Waals surface area contributed by atoms with Crippen molar-refractivity contribution < 1.29 is 39.8 Å². The van der Waals surface area contributed by atoms with Gasteiger partial charge in [0.15, 0.2) is 6.29 Å². The maximum Gasteiger partial charge on any atom is 0.220 e. The molecule has 0 radical (unpaired) electrons. The van der Waals surface area contributed by atoms with Crippen LogP contribution in [-0.2, 0) is 14.3 Å². The Labute approximate surface area is 323 Å². The molecule has 310 valence electrons. The van der Waals surface area contributed by atoms with Gasteiger partial charge in [0.05, 0.1) is 25.4 Å². The summed E-state index contributed by atoms with van der Waals surface area (Å²) in [5.74, 6) is -0.205. The molecule has 0 saturated carbocycles. The Balaban J connectivity index is 2.25. The van der Waals surface area contributed by atoms with Gasteiger partial charge in [0.25, 0.3) is 0 Å². The molecule has 9 heteroatoms. The van der Waals surface area contributed by atoms with Crippen LogP contribution in [0.4, 0.5) is 0 Å². The standard InChI is InChI=1S/C44H81NO8/c1-3-5-7-9-10-11-12-13-14-15-16-17-18-19-20-21-22-23-24-25-26-27-28-30-31-33-38(47)37(45-40(48)34-32-29-8-6-4-2)36-52-44-43(51)42(50)41(49)39(35-46)53-44/h22-23,26-27,31,33,37-39,41-44,46-47,49-51H,3-21,24-25,28-30,32,34-36H2,1-2H3,(H,45,48)/b23-22+,27-26+,33-31+. The van der Waals surface area contributed by atoms with Crippen LogP contribution in [0.1, 0.15) is 181 Å². The second kappa shape index (κ2) is 34.9. The Kier molecular flexibility index (Phi) is 32.5. The largest absolute Gasteiger partial charge is 0.394 e. The SMILES string of the molecule is CCCCCCCCCCCCCCCCC/C=C/CC/C=C/CC/C=C/C(O)C(COC1OC(CO)C(O)C(O)C1O)NC(=O)CCCCCCC. The van der Waals surface area contributed by atoms with Crippen molar-refractivity contribution in [3.8, 4) is 0 Å². The van der Waals surface area contributed by atoms with Crippen molar-refractivity contribution in [2.24, 2.45) is 0 Å². The zero-order valence-electron chi connectivity index (χ0n) is 33.8. The molecular formula is C44H81NO8. The van der Waals surface area contributed by atoms with E-state index in [9.17, 15) is 30.3 Å². The van der Waals surface area contributed by atoms with Gasteiger partial charge in [-0.3, -0.25) is 4.79 Å². The number of allylic oxidation sites excluding steroid dienone is 5.